The zero-order chi connectivity index (χ0) is 20.6. The van der Waals surface area contributed by atoms with E-state index >= 15 is 0 Å². The molecule has 0 heterocycles. The Kier molecular flexibility index (Phi) is 25.7. The molecular weight excluding hydrogens is 630 g/mol. The predicted octanol–water partition coefficient (Wildman–Crippen LogP) is -4.49. The summed E-state index contributed by atoms with van der Waals surface area (Å²) in [5, 5.41) is 52.6. The largest absolute Gasteiger partial charge is 0.479 e. The molecule has 0 aromatic heterocycles. The van der Waals surface area contributed by atoms with Crippen molar-refractivity contribution in [1.29, 1.82) is 0 Å². The van der Waals surface area contributed by atoms with Gasteiger partial charge < -0.3 is 40.1 Å². The van der Waals surface area contributed by atoms with Crippen LogP contribution in [0.25, 0.3) is 0 Å². The van der Waals surface area contributed by atoms with Gasteiger partial charge in [0.1, 0.15) is 0 Å². The maximum atomic E-state index is 11.2. The second kappa shape index (κ2) is 19.3. The number of hydrogen-bond acceptors (Lipinski definition) is 12. The first-order valence-corrected chi connectivity index (χ1v) is 6.55. The Morgan fingerprint density at radius 3 is 0.967 bits per heavy atom. The molecule has 0 saturated heterocycles. The summed E-state index contributed by atoms with van der Waals surface area (Å²) in [7, 11) is 0. The van der Waals surface area contributed by atoms with Crippen LogP contribution < -0.4 is 0 Å². The third-order valence-electron chi connectivity index (χ3n) is 2.55. The van der Waals surface area contributed by atoms with Gasteiger partial charge in [0.2, 0.25) is 0 Å². The molecule has 0 aromatic rings. The zero-order valence-electron chi connectivity index (χ0n) is 15.5. The van der Waals surface area contributed by atoms with Crippen LogP contribution in [0.15, 0.2) is 0 Å². The number of ether oxygens (including phenoxy) is 2. The normalized spacial score (nSPS) is 13.1. The second-order valence-electron chi connectivity index (χ2n) is 4.54. The van der Waals surface area contributed by atoms with Gasteiger partial charge in [-0.25, -0.2) is 19.2 Å². The summed E-state index contributed by atoms with van der Waals surface area (Å²) >= 11 is 0. The van der Waals surface area contributed by atoms with Crippen LogP contribution in [0.2, 0.25) is 0 Å². The van der Waals surface area contributed by atoms with E-state index in [1.807, 2.05) is 0 Å². The summed E-state index contributed by atoms with van der Waals surface area (Å²) in [4.78, 5) is 65.4. The van der Waals surface area contributed by atoms with Crippen molar-refractivity contribution in [3.05, 3.63) is 0 Å². The van der Waals surface area contributed by atoms with Gasteiger partial charge >= 0.3 is 35.8 Å². The number of carbonyl (C=O) groups is 6. The molecule has 6 N–H and O–H groups in total. The van der Waals surface area contributed by atoms with Gasteiger partial charge in [0, 0.05) is 77.9 Å². The zero-order valence-corrected chi connectivity index (χ0v) is 27.4. The minimum Gasteiger partial charge on any atom is -0.479 e. The average molecular weight is 644 g/mol. The molecule has 154 valence electrons. The molecule has 0 fully saturated rings. The van der Waals surface area contributed by atoms with Crippen molar-refractivity contribution in [2.24, 2.45) is 0 Å². The summed E-state index contributed by atoms with van der Waals surface area (Å²) in [6, 6.07) is 0. The van der Waals surface area contributed by atoms with Crippen LogP contribution in [0.4, 0.5) is 0 Å². The Balaban J connectivity index is -0.000000521. The van der Waals surface area contributed by atoms with E-state index in [-0.39, 0.29) is 77.9 Å². The molecule has 0 amide bonds. The van der Waals surface area contributed by atoms with E-state index < -0.39 is 73.1 Å². The van der Waals surface area contributed by atoms with Crippen LogP contribution >= 0.6 is 0 Å². The summed E-state index contributed by atoms with van der Waals surface area (Å²) < 4.78 is 7.89. The van der Waals surface area contributed by atoms with Crippen molar-refractivity contribution < 1.29 is 147 Å². The predicted molar refractivity (Wildman–Crippen MR) is 70.7 cm³/mol. The maximum Gasteiger partial charge on any atom is 0.346 e. The molecule has 30 heavy (non-hydrogen) atoms. The first-order valence-electron chi connectivity index (χ1n) is 6.55. The molecule has 4 unspecified atom stereocenters. The minimum absolute atomic E-state index is 0. The fraction of sp³-hybridized carbons (Fsp3) is 0.500. The number of hydrogen-bond donors (Lipinski definition) is 6. The van der Waals surface area contributed by atoms with E-state index in [2.05, 4.69) is 9.47 Å². The number of carbonyl (C=O) groups excluding carboxylic acids is 4. The maximum absolute atomic E-state index is 11.2. The molecule has 4 atom stereocenters. The monoisotopic (exact) mass is 638 g/mol. The van der Waals surface area contributed by atoms with E-state index in [9.17, 15) is 28.8 Å². The number of aliphatic carboxylic acids is 2. The Bertz CT molecular complexity index is 560. The SMILES string of the molecule is O=C(CCC(=O)OC(=O)C(O)C(O)C(=O)O)OC(=O)C(O)C(O)C(=O)O.[Zn].[Zn].[Zn].[Zn]. The Labute approximate surface area is 218 Å². The molecule has 0 aliphatic rings. The summed E-state index contributed by atoms with van der Waals surface area (Å²) in [6.07, 6.45) is -12.0. The van der Waals surface area contributed by atoms with Gasteiger partial charge in [-0.2, -0.15) is 0 Å². The quantitative estimate of drug-likeness (QED) is 0.0789. The molecule has 0 aliphatic carbocycles. The van der Waals surface area contributed by atoms with Gasteiger partial charge in [-0.05, 0) is 0 Å². The summed E-state index contributed by atoms with van der Waals surface area (Å²) in [5.74, 6) is -10.5. The molecule has 14 nitrogen and oxygen atoms in total. The van der Waals surface area contributed by atoms with Gasteiger partial charge in [-0.15, -0.1) is 0 Å². The van der Waals surface area contributed by atoms with Crippen molar-refractivity contribution >= 4 is 35.8 Å². The Hall–Kier alpha value is -0.446. The van der Waals surface area contributed by atoms with Gasteiger partial charge in [0.15, 0.2) is 24.4 Å². The van der Waals surface area contributed by atoms with Gasteiger partial charge in [0.05, 0.1) is 12.8 Å². The third-order valence-corrected chi connectivity index (χ3v) is 2.55. The second-order valence-corrected chi connectivity index (χ2v) is 4.54. The minimum atomic E-state index is -2.57. The van der Waals surface area contributed by atoms with E-state index in [1.165, 1.54) is 0 Å². The smallest absolute Gasteiger partial charge is 0.346 e. The van der Waals surface area contributed by atoms with Crippen molar-refractivity contribution in [3.63, 3.8) is 0 Å². The van der Waals surface area contributed by atoms with Gasteiger partial charge in [-0.1, -0.05) is 0 Å². The molecule has 0 aromatic carbocycles. The molecule has 0 saturated carbocycles. The van der Waals surface area contributed by atoms with Crippen molar-refractivity contribution in [2.75, 3.05) is 0 Å². The number of aliphatic hydroxyl groups is 4. The van der Waals surface area contributed by atoms with E-state index in [0.717, 1.165) is 0 Å². The molecule has 18 heteroatoms. The fourth-order valence-electron chi connectivity index (χ4n) is 1.18. The number of aliphatic hydroxyl groups excluding tert-OH is 4. The van der Waals surface area contributed by atoms with E-state index in [0.29, 0.717) is 0 Å². The van der Waals surface area contributed by atoms with E-state index in [1.54, 1.807) is 0 Å². The van der Waals surface area contributed by atoms with E-state index in [4.69, 9.17) is 30.6 Å². The molecule has 0 bridgehead atoms. The van der Waals surface area contributed by atoms with Gasteiger partial charge in [-0.3, -0.25) is 9.59 Å². The average Bonchev–Trinajstić information content (AvgIpc) is 2.56. The number of rotatable bonds is 9. The number of carboxylic acid groups (broad SMARTS) is 2. The number of carboxylic acids is 2. The fourth-order valence-corrected chi connectivity index (χ4v) is 1.18. The van der Waals surface area contributed by atoms with Crippen molar-refractivity contribution in [1.82, 2.24) is 0 Å². The van der Waals surface area contributed by atoms with Crippen LogP contribution in [-0.4, -0.2) is 90.9 Å². The van der Waals surface area contributed by atoms with Crippen LogP contribution in [0.3, 0.4) is 0 Å². The molecule has 0 rings (SSSR count). The topological polar surface area (TPSA) is 242 Å². The summed E-state index contributed by atoms with van der Waals surface area (Å²) in [5.41, 5.74) is 0. The first kappa shape index (κ1) is 40.0. The molecular formula is C12H14O14Zn4. The first-order chi connectivity index (χ1) is 11.9. The molecule has 0 spiro atoms. The Morgan fingerprint density at radius 1 is 0.533 bits per heavy atom. The van der Waals surface area contributed by atoms with Gasteiger partial charge in [0.25, 0.3) is 0 Å². The van der Waals surface area contributed by atoms with Crippen LogP contribution in [-0.2, 0) is 116 Å². The molecule has 0 aliphatic heterocycles. The third kappa shape index (κ3) is 14.5. The number of esters is 4. The molecule has 0 radical (unpaired) electrons. The Morgan fingerprint density at radius 2 is 0.767 bits per heavy atom. The summed E-state index contributed by atoms with van der Waals surface area (Å²) in [6.45, 7) is 0. The van der Waals surface area contributed by atoms with Crippen LogP contribution in [0.5, 0.6) is 0 Å². The standard InChI is InChI=1S/C12H14O14.4Zn/c13-3(25-11(23)7(17)5(15)9(19)20)1-2-4(14)26-12(24)8(18)6(16)10(21)22;;;;/h5-8,15-18H,1-2H2,(H,19,20)(H,21,22);;;;. The van der Waals surface area contributed by atoms with Crippen molar-refractivity contribution in [3.8, 4) is 0 Å². The van der Waals surface area contributed by atoms with Crippen molar-refractivity contribution in [2.45, 2.75) is 37.3 Å². The van der Waals surface area contributed by atoms with Crippen LogP contribution in [0.1, 0.15) is 12.8 Å². The van der Waals surface area contributed by atoms with Crippen LogP contribution in [0, 0.1) is 0 Å².